The van der Waals surface area contributed by atoms with Crippen molar-refractivity contribution in [2.24, 2.45) is 0 Å². The molecule has 3 aromatic carbocycles. The van der Waals surface area contributed by atoms with Crippen LogP contribution in [0.25, 0.3) is 0 Å². The first kappa shape index (κ1) is 15.8. The van der Waals surface area contributed by atoms with Crippen molar-refractivity contribution in [2.75, 3.05) is 0 Å². The molecule has 23 heavy (non-hydrogen) atoms. The average molecular weight is 319 g/mol. The lowest BCUT2D eigenvalue weighted by Gasteiger charge is -2.23. The summed E-state index contributed by atoms with van der Waals surface area (Å²) in [5.41, 5.74) is 1.36. The molecule has 0 aliphatic rings. The van der Waals surface area contributed by atoms with Gasteiger partial charge in [-0.05, 0) is 17.5 Å². The largest absolute Gasteiger partial charge is 0.290 e. The minimum absolute atomic E-state index is 0.0687. The first-order chi connectivity index (χ1) is 11.2. The van der Waals surface area contributed by atoms with E-state index in [1.807, 2.05) is 0 Å². The summed E-state index contributed by atoms with van der Waals surface area (Å²) < 4.78 is 4.06. The summed E-state index contributed by atoms with van der Waals surface area (Å²) in [7, 11) is 0.0687. The third-order valence-corrected chi connectivity index (χ3v) is 5.93. The van der Waals surface area contributed by atoms with Crippen LogP contribution in [-0.2, 0) is 0 Å². The van der Waals surface area contributed by atoms with Crippen molar-refractivity contribution in [1.82, 2.24) is 0 Å². The minimum Gasteiger partial charge on any atom is -0.290 e. The molecule has 0 amide bonds. The third kappa shape index (κ3) is 3.49. The highest BCUT2D eigenvalue weighted by Crippen LogP contribution is 2.34. The Morgan fingerprint density at radius 1 is 0.696 bits per heavy atom. The Morgan fingerprint density at radius 2 is 1.09 bits per heavy atom. The Balaban J connectivity index is 2.15. The third-order valence-electron chi connectivity index (χ3n) is 3.65. The zero-order valence-corrected chi connectivity index (χ0v) is 13.6. The zero-order valence-electron chi connectivity index (χ0n) is 12.7. The second kappa shape index (κ2) is 7.02. The Hall–Kier alpha value is -2.05. The maximum atomic E-state index is 4.06. The number of hydrogen-bond acceptors (Lipinski definition) is 0. The molecule has 1 nitrogen and oxygen atoms in total. The maximum Gasteiger partial charge on any atom is 0.166 e. The van der Waals surface area contributed by atoms with Crippen LogP contribution in [0.5, 0.6) is 0 Å². The zero-order chi connectivity index (χ0) is 16.1. The fourth-order valence-corrected chi connectivity index (χ4v) is 4.54. The Kier molecular flexibility index (Phi) is 4.83. The molecule has 3 aromatic rings. The number of benzene rings is 3. The van der Waals surface area contributed by atoms with Crippen molar-refractivity contribution in [3.63, 3.8) is 0 Å². The van der Waals surface area contributed by atoms with Gasteiger partial charge in [0.15, 0.2) is 6.04 Å². The summed E-state index contributed by atoms with van der Waals surface area (Å²) in [6.07, 6.45) is 0. The van der Waals surface area contributed by atoms with E-state index in [0.29, 0.717) is 6.04 Å². The van der Waals surface area contributed by atoms with Crippen molar-refractivity contribution in [1.29, 1.82) is 0 Å². The standard InChI is InChI=1S/C20H22BNP/c1-17(18-11-5-2-6-12-18)22-23(21,19-13-7-3-8-14-19)20-15-9-4-10-16-20/h2-17H,1,21H3/q-1/p+1/t17-/m1/s1. The van der Waals surface area contributed by atoms with Crippen molar-refractivity contribution >= 4 is 25.1 Å². The van der Waals surface area contributed by atoms with Crippen LogP contribution < -0.4 is 15.4 Å². The molecule has 0 saturated carbocycles. The van der Waals surface area contributed by atoms with Gasteiger partial charge in [-0.3, -0.25) is 4.74 Å². The molecule has 1 N–H and O–H groups in total. The summed E-state index contributed by atoms with van der Waals surface area (Å²) in [5, 5.41) is 2.99. The van der Waals surface area contributed by atoms with Crippen LogP contribution in [0.2, 0.25) is 0 Å². The fraction of sp³-hybridized carbons (Fsp3) is 0.100. The molecule has 0 aromatic heterocycles. The Morgan fingerprint density at radius 3 is 1.52 bits per heavy atom. The van der Waals surface area contributed by atoms with Crippen molar-refractivity contribution < 1.29 is 4.74 Å². The summed E-state index contributed by atoms with van der Waals surface area (Å²) in [4.78, 5) is 0. The molecule has 3 rings (SSSR count). The van der Waals surface area contributed by atoms with Gasteiger partial charge in [0.25, 0.3) is 0 Å². The second-order valence-corrected chi connectivity index (χ2v) is 7.23. The molecule has 0 unspecified atom stereocenters. The highest BCUT2D eigenvalue weighted by atomic mass is 31.2. The van der Waals surface area contributed by atoms with Gasteiger partial charge >= 0.3 is 0 Å². The van der Waals surface area contributed by atoms with E-state index in [1.54, 1.807) is 0 Å². The monoisotopic (exact) mass is 319 g/mol. The first-order valence-corrected chi connectivity index (χ1v) is 8.90. The van der Waals surface area contributed by atoms with Gasteiger partial charge in [0.05, 0.1) is 7.57 Å². The Bertz CT molecular complexity index is 757. The van der Waals surface area contributed by atoms with Crippen LogP contribution in [0.3, 0.4) is 0 Å². The van der Waals surface area contributed by atoms with E-state index in [0.717, 1.165) is 0 Å². The molecule has 0 bridgehead atoms. The molecule has 0 fully saturated rings. The SMILES string of the molecule is [BH3-]P(=[NH+][C@H](C)c1ccccc1)(c1ccccc1)c1ccccc1. The molecule has 0 spiro atoms. The smallest absolute Gasteiger partial charge is 0.166 e. The van der Waals surface area contributed by atoms with Crippen LogP contribution in [-0.4, -0.2) is 7.57 Å². The predicted molar refractivity (Wildman–Crippen MR) is 105 cm³/mol. The van der Waals surface area contributed by atoms with Crippen LogP contribution >= 0.6 is 6.93 Å². The number of hydrogen-bond donors (Lipinski definition) is 1. The van der Waals surface area contributed by atoms with Crippen molar-refractivity contribution in [3.05, 3.63) is 96.6 Å². The second-order valence-electron chi connectivity index (χ2n) is 5.27. The van der Waals surface area contributed by atoms with Crippen LogP contribution in [0, 0.1) is 0 Å². The van der Waals surface area contributed by atoms with Gasteiger partial charge in [-0.25, -0.2) is 0 Å². The van der Waals surface area contributed by atoms with E-state index in [4.69, 9.17) is 0 Å². The summed E-state index contributed by atoms with van der Waals surface area (Å²) >= 11 is 0. The first-order valence-electron chi connectivity index (χ1n) is 7.56. The lowest BCUT2D eigenvalue weighted by atomic mass is 10.1. The van der Waals surface area contributed by atoms with Gasteiger partial charge in [0.2, 0.25) is 0 Å². The highest BCUT2D eigenvalue weighted by molar-refractivity contribution is 7.98. The number of rotatable bonds is 4. The van der Waals surface area contributed by atoms with E-state index in [9.17, 15) is 0 Å². The van der Waals surface area contributed by atoms with E-state index in [2.05, 4.69) is 103 Å². The molecular formula is C20H23BNP. The summed E-state index contributed by atoms with van der Waals surface area (Å²) in [5.74, 6) is 0. The van der Waals surface area contributed by atoms with Gasteiger partial charge in [-0.15, -0.1) is 0 Å². The molecule has 116 valence electrons. The molecule has 0 aliphatic heterocycles. The fourth-order valence-electron chi connectivity index (χ4n) is 2.46. The van der Waals surface area contributed by atoms with Crippen LogP contribution in [0.1, 0.15) is 18.5 Å². The van der Waals surface area contributed by atoms with E-state index in [1.165, 1.54) is 16.2 Å². The normalized spacial score (nSPS) is 12.6. The summed E-state index contributed by atoms with van der Waals surface area (Å²) in [6, 6.07) is 33.3. The average Bonchev–Trinajstić information content (AvgIpc) is 2.64. The topological polar surface area (TPSA) is 14.0 Å². The lowest BCUT2D eigenvalue weighted by molar-refractivity contribution is -0.481. The minimum atomic E-state index is -1.40. The molecule has 0 aliphatic carbocycles. The maximum absolute atomic E-state index is 4.06. The molecule has 0 heterocycles. The lowest BCUT2D eigenvalue weighted by Crippen LogP contribution is -2.70. The molecule has 1 atom stereocenters. The van der Waals surface area contributed by atoms with Crippen LogP contribution in [0.4, 0.5) is 0 Å². The van der Waals surface area contributed by atoms with E-state index in [-0.39, 0.29) is 7.57 Å². The Labute approximate surface area is 139 Å². The van der Waals surface area contributed by atoms with Gasteiger partial charge in [0, 0.05) is 12.5 Å². The molecule has 3 heteroatoms. The van der Waals surface area contributed by atoms with Gasteiger partial charge in [-0.2, -0.15) is 0 Å². The molecule has 0 saturated heterocycles. The molecule has 0 radical (unpaired) electrons. The quantitative estimate of drug-likeness (QED) is 0.558. The van der Waals surface area contributed by atoms with Crippen LogP contribution in [0.15, 0.2) is 91.0 Å². The van der Waals surface area contributed by atoms with Gasteiger partial charge in [0.1, 0.15) is 0 Å². The van der Waals surface area contributed by atoms with E-state index >= 15 is 0 Å². The predicted octanol–water partition coefficient (Wildman–Crippen LogP) is 1.96. The molecular weight excluding hydrogens is 296 g/mol. The van der Waals surface area contributed by atoms with Crippen molar-refractivity contribution in [3.8, 4) is 0 Å². The van der Waals surface area contributed by atoms with Gasteiger partial charge in [-0.1, -0.05) is 91.0 Å². The highest BCUT2D eigenvalue weighted by Gasteiger charge is 2.20. The number of nitrogens with one attached hydrogen (secondary N) is 1. The van der Waals surface area contributed by atoms with Crippen molar-refractivity contribution in [2.45, 2.75) is 13.0 Å². The van der Waals surface area contributed by atoms with Gasteiger partial charge < -0.3 is 0 Å². The van der Waals surface area contributed by atoms with E-state index < -0.39 is 6.93 Å². The summed E-state index contributed by atoms with van der Waals surface area (Å²) in [6.45, 7) is 0.894.